The molecular weight excluding hydrogens is 520 g/mol. The lowest BCUT2D eigenvalue weighted by Gasteiger charge is -2.48. The molecule has 16 atom stereocenters. The summed E-state index contributed by atoms with van der Waals surface area (Å²) in [5.74, 6) is -1.09. The van der Waals surface area contributed by atoms with Crippen molar-refractivity contribution in [2.24, 2.45) is 11.8 Å². The Morgan fingerprint density at radius 2 is 1.64 bits per heavy atom. The fourth-order valence-electron chi connectivity index (χ4n) is 6.41. The van der Waals surface area contributed by atoms with Gasteiger partial charge in [-0.25, -0.2) is 4.79 Å². The highest BCUT2D eigenvalue weighted by Crippen LogP contribution is 2.45. The Bertz CT molecular complexity index is 845. The Morgan fingerprint density at radius 1 is 0.872 bits per heavy atom. The number of hydrogen-bond donors (Lipinski definition) is 6. The average molecular weight is 563 g/mol. The first-order chi connectivity index (χ1) is 18.6. The van der Waals surface area contributed by atoms with Crippen LogP contribution in [0.15, 0.2) is 0 Å². The predicted octanol–water partition coefficient (Wildman–Crippen LogP) is -1.11. The third-order valence-electron chi connectivity index (χ3n) is 8.93. The molecule has 2 aliphatic carbocycles. The summed E-state index contributed by atoms with van der Waals surface area (Å²) >= 11 is 0. The summed E-state index contributed by atoms with van der Waals surface area (Å²) < 4.78 is 36.5. The molecule has 16 unspecified atom stereocenters. The highest BCUT2D eigenvalue weighted by Gasteiger charge is 2.56. The normalized spacial score (nSPS) is 52.2. The monoisotopic (exact) mass is 562 g/mol. The molecule has 3 heterocycles. The molecule has 2 saturated carbocycles. The summed E-state index contributed by atoms with van der Waals surface area (Å²) in [5.41, 5.74) is 0. The molecule has 224 valence electrons. The molecule has 0 radical (unpaired) electrons. The number of aliphatic carboxylic acids is 1. The van der Waals surface area contributed by atoms with Gasteiger partial charge in [0.15, 0.2) is 18.7 Å². The summed E-state index contributed by atoms with van der Waals surface area (Å²) in [5, 5.41) is 61.4. The van der Waals surface area contributed by atoms with Gasteiger partial charge in [0.25, 0.3) is 0 Å². The predicted molar refractivity (Wildman–Crippen MR) is 129 cm³/mol. The van der Waals surface area contributed by atoms with Crippen LogP contribution < -0.4 is 0 Å². The van der Waals surface area contributed by atoms with Gasteiger partial charge in [-0.15, -0.1) is 0 Å². The van der Waals surface area contributed by atoms with Gasteiger partial charge < -0.3 is 59.1 Å². The van der Waals surface area contributed by atoms with Crippen molar-refractivity contribution in [3.63, 3.8) is 0 Å². The van der Waals surface area contributed by atoms with Crippen LogP contribution in [0.3, 0.4) is 0 Å². The smallest absolute Gasteiger partial charge is 0.332 e. The van der Waals surface area contributed by atoms with Crippen LogP contribution in [0.5, 0.6) is 0 Å². The van der Waals surface area contributed by atoms with E-state index < -0.39 is 92.3 Å². The first-order valence-corrected chi connectivity index (χ1v) is 14.1. The van der Waals surface area contributed by atoms with E-state index in [2.05, 4.69) is 0 Å². The van der Waals surface area contributed by atoms with Crippen molar-refractivity contribution in [3.05, 3.63) is 0 Å². The summed E-state index contributed by atoms with van der Waals surface area (Å²) in [6.07, 6.45) is -10.3. The Kier molecular flexibility index (Phi) is 9.16. The fourth-order valence-corrected chi connectivity index (χ4v) is 6.41. The van der Waals surface area contributed by atoms with Gasteiger partial charge in [0.2, 0.25) is 0 Å². The van der Waals surface area contributed by atoms with E-state index >= 15 is 0 Å². The van der Waals surface area contributed by atoms with Crippen molar-refractivity contribution in [2.45, 2.75) is 138 Å². The molecule has 39 heavy (non-hydrogen) atoms. The first-order valence-electron chi connectivity index (χ1n) is 14.1. The van der Waals surface area contributed by atoms with Crippen molar-refractivity contribution >= 4 is 5.97 Å². The minimum Gasteiger partial charge on any atom is -0.479 e. The van der Waals surface area contributed by atoms with Gasteiger partial charge in [-0.05, 0) is 44.4 Å². The first kappa shape index (κ1) is 29.5. The topological polar surface area (TPSA) is 194 Å². The lowest BCUT2D eigenvalue weighted by molar-refractivity contribution is -0.356. The van der Waals surface area contributed by atoms with E-state index in [0.29, 0.717) is 12.8 Å². The quantitative estimate of drug-likeness (QED) is 0.219. The SMILES string of the molecule is CCC1CCCC(OC2OC(CO)C(O)C3OC(C(=O)O)CC4CC4OC23)C1OC1OC(C)C(O)C(O)C1O. The summed E-state index contributed by atoms with van der Waals surface area (Å²) in [4.78, 5) is 11.9. The minimum absolute atomic E-state index is 0.0179. The molecule has 3 saturated heterocycles. The van der Waals surface area contributed by atoms with Gasteiger partial charge in [0.1, 0.15) is 42.7 Å². The van der Waals surface area contributed by atoms with E-state index in [1.165, 1.54) is 0 Å². The summed E-state index contributed by atoms with van der Waals surface area (Å²) in [7, 11) is 0. The van der Waals surface area contributed by atoms with E-state index in [1.54, 1.807) is 6.92 Å². The molecule has 0 aromatic carbocycles. The molecule has 0 aromatic rings. The number of fused-ring (bicyclic) bond motifs is 2. The van der Waals surface area contributed by atoms with Gasteiger partial charge in [0, 0.05) is 0 Å². The molecule has 3 aliphatic heterocycles. The van der Waals surface area contributed by atoms with Crippen LogP contribution in [0.4, 0.5) is 0 Å². The molecule has 5 fully saturated rings. The van der Waals surface area contributed by atoms with E-state index in [-0.39, 0.29) is 24.4 Å². The van der Waals surface area contributed by atoms with Crippen LogP contribution in [0, 0.1) is 11.8 Å². The number of ether oxygens (including phenoxy) is 6. The van der Waals surface area contributed by atoms with Gasteiger partial charge >= 0.3 is 5.97 Å². The Labute approximate surface area is 226 Å². The zero-order valence-corrected chi connectivity index (χ0v) is 22.2. The van der Waals surface area contributed by atoms with Crippen LogP contribution in [-0.4, -0.2) is 129 Å². The molecular formula is C26H42O13. The molecule has 13 nitrogen and oxygen atoms in total. The van der Waals surface area contributed by atoms with Gasteiger partial charge in [-0.2, -0.15) is 0 Å². The van der Waals surface area contributed by atoms with Crippen molar-refractivity contribution in [1.29, 1.82) is 0 Å². The van der Waals surface area contributed by atoms with E-state index in [9.17, 15) is 35.4 Å². The second-order valence-corrected chi connectivity index (χ2v) is 11.6. The lowest BCUT2D eigenvalue weighted by atomic mass is 9.82. The van der Waals surface area contributed by atoms with E-state index in [4.69, 9.17) is 28.4 Å². The highest BCUT2D eigenvalue weighted by molar-refractivity contribution is 5.72. The minimum atomic E-state index is -1.47. The fraction of sp³-hybridized carbons (Fsp3) is 0.962. The summed E-state index contributed by atoms with van der Waals surface area (Å²) in [6, 6.07) is 0. The number of hydrogen-bond acceptors (Lipinski definition) is 12. The van der Waals surface area contributed by atoms with Gasteiger partial charge in [-0.1, -0.05) is 19.8 Å². The van der Waals surface area contributed by atoms with E-state index in [1.807, 2.05) is 6.92 Å². The lowest BCUT2D eigenvalue weighted by Crippen LogP contribution is -2.64. The molecule has 6 N–H and O–H groups in total. The van der Waals surface area contributed by atoms with Gasteiger partial charge in [0.05, 0.1) is 31.0 Å². The van der Waals surface area contributed by atoms with Crippen LogP contribution in [0.25, 0.3) is 0 Å². The van der Waals surface area contributed by atoms with Crippen molar-refractivity contribution in [1.82, 2.24) is 0 Å². The second kappa shape index (κ2) is 12.1. The van der Waals surface area contributed by atoms with Crippen molar-refractivity contribution in [2.75, 3.05) is 6.61 Å². The molecule has 0 bridgehead atoms. The number of carboxylic acids is 1. The largest absolute Gasteiger partial charge is 0.479 e. The van der Waals surface area contributed by atoms with Crippen molar-refractivity contribution in [3.8, 4) is 0 Å². The van der Waals surface area contributed by atoms with Crippen molar-refractivity contribution < 1.29 is 63.9 Å². The molecule has 0 amide bonds. The van der Waals surface area contributed by atoms with Crippen LogP contribution >= 0.6 is 0 Å². The van der Waals surface area contributed by atoms with Crippen LogP contribution in [0.2, 0.25) is 0 Å². The zero-order chi connectivity index (χ0) is 28.0. The number of aliphatic hydroxyl groups excluding tert-OH is 5. The standard InChI is InChI=1S/C26H42O13/c1-3-11-5-4-6-13(21(11)39-25-20(31)19(30)17(28)10(2)34-25)37-26-23-22(18(29)16(9-27)38-26)36-15(24(32)33)8-12-7-14(12)35-23/h10-23,25-31H,3-9H2,1-2H3,(H,32,33). The highest BCUT2D eigenvalue weighted by atomic mass is 16.7. The maximum Gasteiger partial charge on any atom is 0.332 e. The molecule has 5 rings (SSSR count). The number of rotatable bonds is 7. The van der Waals surface area contributed by atoms with Gasteiger partial charge in [-0.3, -0.25) is 0 Å². The second-order valence-electron chi connectivity index (χ2n) is 11.6. The Morgan fingerprint density at radius 3 is 2.33 bits per heavy atom. The Hall–Kier alpha value is -0.970. The summed E-state index contributed by atoms with van der Waals surface area (Å²) in [6.45, 7) is 3.05. The third kappa shape index (κ3) is 6.00. The third-order valence-corrected chi connectivity index (χ3v) is 8.93. The zero-order valence-electron chi connectivity index (χ0n) is 22.2. The van der Waals surface area contributed by atoms with E-state index in [0.717, 1.165) is 19.3 Å². The molecule has 0 spiro atoms. The number of carbonyl (C=O) groups is 1. The molecule has 0 aromatic heterocycles. The maximum atomic E-state index is 11.9. The Balaban J connectivity index is 1.37. The van der Waals surface area contributed by atoms with Crippen LogP contribution in [-0.2, 0) is 33.2 Å². The number of carboxylic acid groups (broad SMARTS) is 1. The molecule has 13 heteroatoms. The number of aliphatic hydroxyl groups is 5. The van der Waals surface area contributed by atoms with Crippen LogP contribution in [0.1, 0.15) is 52.4 Å². The molecule has 5 aliphatic rings. The maximum absolute atomic E-state index is 11.9. The average Bonchev–Trinajstić information content (AvgIpc) is 3.63.